The SMILES string of the molecule is C=CCCNC(=O)C1CCC(CN)O1. The lowest BCUT2D eigenvalue weighted by Crippen LogP contribution is -2.35. The van der Waals surface area contributed by atoms with Crippen LogP contribution in [0.15, 0.2) is 12.7 Å². The summed E-state index contributed by atoms with van der Waals surface area (Å²) in [6, 6.07) is 0. The first-order valence-corrected chi connectivity index (χ1v) is 5.02. The second-order valence-corrected chi connectivity index (χ2v) is 3.43. The molecule has 1 fully saturated rings. The van der Waals surface area contributed by atoms with Crippen LogP contribution in [0.4, 0.5) is 0 Å². The van der Waals surface area contributed by atoms with E-state index in [2.05, 4.69) is 11.9 Å². The molecule has 1 aliphatic rings. The summed E-state index contributed by atoms with van der Waals surface area (Å²) in [4.78, 5) is 11.5. The minimum Gasteiger partial charge on any atom is -0.364 e. The van der Waals surface area contributed by atoms with Crippen molar-refractivity contribution >= 4 is 5.91 Å². The summed E-state index contributed by atoms with van der Waals surface area (Å²) in [5, 5.41) is 2.79. The lowest BCUT2D eigenvalue weighted by Gasteiger charge is -2.11. The topological polar surface area (TPSA) is 64.4 Å². The van der Waals surface area contributed by atoms with E-state index in [1.807, 2.05) is 0 Å². The Bertz CT molecular complexity index is 206. The zero-order chi connectivity index (χ0) is 10.4. The number of hydrogen-bond acceptors (Lipinski definition) is 3. The Kier molecular flexibility index (Phi) is 4.62. The van der Waals surface area contributed by atoms with Crippen LogP contribution >= 0.6 is 0 Å². The van der Waals surface area contributed by atoms with Crippen molar-refractivity contribution in [2.45, 2.75) is 31.5 Å². The highest BCUT2D eigenvalue weighted by atomic mass is 16.5. The Morgan fingerprint density at radius 3 is 3.00 bits per heavy atom. The van der Waals surface area contributed by atoms with Crippen molar-refractivity contribution in [3.63, 3.8) is 0 Å². The highest BCUT2D eigenvalue weighted by molar-refractivity contribution is 5.80. The Morgan fingerprint density at radius 1 is 1.64 bits per heavy atom. The van der Waals surface area contributed by atoms with Crippen molar-refractivity contribution in [3.8, 4) is 0 Å². The van der Waals surface area contributed by atoms with E-state index in [1.165, 1.54) is 0 Å². The lowest BCUT2D eigenvalue weighted by molar-refractivity contribution is -0.131. The molecule has 0 aliphatic carbocycles. The van der Waals surface area contributed by atoms with Gasteiger partial charge in [-0.3, -0.25) is 4.79 Å². The number of carbonyl (C=O) groups excluding carboxylic acids is 1. The smallest absolute Gasteiger partial charge is 0.249 e. The number of ether oxygens (including phenoxy) is 1. The fraction of sp³-hybridized carbons (Fsp3) is 0.700. The van der Waals surface area contributed by atoms with E-state index >= 15 is 0 Å². The average Bonchev–Trinajstić information content (AvgIpc) is 2.66. The molecule has 0 bridgehead atoms. The lowest BCUT2D eigenvalue weighted by atomic mass is 10.2. The van der Waals surface area contributed by atoms with Crippen molar-refractivity contribution < 1.29 is 9.53 Å². The second kappa shape index (κ2) is 5.78. The quantitative estimate of drug-likeness (QED) is 0.489. The van der Waals surface area contributed by atoms with E-state index in [0.29, 0.717) is 13.1 Å². The van der Waals surface area contributed by atoms with Gasteiger partial charge < -0.3 is 15.8 Å². The molecule has 0 aromatic rings. The maximum absolute atomic E-state index is 11.5. The van der Waals surface area contributed by atoms with E-state index in [9.17, 15) is 4.79 Å². The van der Waals surface area contributed by atoms with Gasteiger partial charge in [0.2, 0.25) is 5.91 Å². The second-order valence-electron chi connectivity index (χ2n) is 3.43. The Morgan fingerprint density at radius 2 is 2.43 bits per heavy atom. The van der Waals surface area contributed by atoms with Crippen LogP contribution < -0.4 is 11.1 Å². The number of nitrogens with two attached hydrogens (primary N) is 1. The van der Waals surface area contributed by atoms with Gasteiger partial charge in [-0.25, -0.2) is 0 Å². The molecule has 2 atom stereocenters. The first-order valence-electron chi connectivity index (χ1n) is 5.02. The van der Waals surface area contributed by atoms with E-state index in [1.54, 1.807) is 6.08 Å². The standard InChI is InChI=1S/C10H18N2O2/c1-2-3-6-12-10(13)9-5-4-8(7-11)14-9/h2,8-9H,1,3-7,11H2,(H,12,13). The van der Waals surface area contributed by atoms with E-state index in [0.717, 1.165) is 19.3 Å². The molecule has 0 radical (unpaired) electrons. The first kappa shape index (κ1) is 11.2. The molecule has 3 N–H and O–H groups in total. The molecule has 1 amide bonds. The van der Waals surface area contributed by atoms with Gasteiger partial charge in [0, 0.05) is 13.1 Å². The Balaban J connectivity index is 2.21. The van der Waals surface area contributed by atoms with Gasteiger partial charge in [0.05, 0.1) is 6.10 Å². The largest absolute Gasteiger partial charge is 0.364 e. The van der Waals surface area contributed by atoms with Crippen LogP contribution in [0.3, 0.4) is 0 Å². The van der Waals surface area contributed by atoms with Gasteiger partial charge in [-0.1, -0.05) is 6.08 Å². The molecule has 0 aromatic carbocycles. The van der Waals surface area contributed by atoms with Gasteiger partial charge in [0.25, 0.3) is 0 Å². The van der Waals surface area contributed by atoms with Gasteiger partial charge in [-0.15, -0.1) is 6.58 Å². The van der Waals surface area contributed by atoms with Crippen LogP contribution in [0.5, 0.6) is 0 Å². The average molecular weight is 198 g/mol. The molecular weight excluding hydrogens is 180 g/mol. The van der Waals surface area contributed by atoms with Crippen molar-refractivity contribution in [1.29, 1.82) is 0 Å². The molecule has 1 saturated heterocycles. The van der Waals surface area contributed by atoms with Crippen LogP contribution in [0.1, 0.15) is 19.3 Å². The van der Waals surface area contributed by atoms with Crippen LogP contribution in [0.2, 0.25) is 0 Å². The minimum atomic E-state index is -0.298. The normalized spacial score (nSPS) is 26.1. The van der Waals surface area contributed by atoms with Crippen molar-refractivity contribution in [2.75, 3.05) is 13.1 Å². The fourth-order valence-electron chi connectivity index (χ4n) is 1.48. The van der Waals surface area contributed by atoms with Crippen LogP contribution in [-0.2, 0) is 9.53 Å². The fourth-order valence-corrected chi connectivity index (χ4v) is 1.48. The maximum Gasteiger partial charge on any atom is 0.249 e. The maximum atomic E-state index is 11.5. The number of rotatable bonds is 5. The van der Waals surface area contributed by atoms with E-state index in [4.69, 9.17) is 10.5 Å². The molecule has 1 aliphatic heterocycles. The molecular formula is C10H18N2O2. The monoisotopic (exact) mass is 198 g/mol. The minimum absolute atomic E-state index is 0.0252. The van der Waals surface area contributed by atoms with Gasteiger partial charge in [0.15, 0.2) is 0 Å². The summed E-state index contributed by atoms with van der Waals surface area (Å²) in [5.74, 6) is -0.0252. The zero-order valence-corrected chi connectivity index (χ0v) is 8.37. The summed E-state index contributed by atoms with van der Waals surface area (Å²) in [5.41, 5.74) is 5.45. The molecule has 4 heteroatoms. The number of nitrogens with one attached hydrogen (secondary N) is 1. The third-order valence-electron chi connectivity index (χ3n) is 2.31. The molecule has 14 heavy (non-hydrogen) atoms. The van der Waals surface area contributed by atoms with Gasteiger partial charge in [-0.05, 0) is 19.3 Å². The summed E-state index contributed by atoms with van der Waals surface area (Å²) in [7, 11) is 0. The Labute approximate surface area is 84.5 Å². The molecule has 80 valence electrons. The number of amides is 1. The third-order valence-corrected chi connectivity index (χ3v) is 2.31. The van der Waals surface area contributed by atoms with Gasteiger partial charge in [-0.2, -0.15) is 0 Å². The number of carbonyl (C=O) groups is 1. The summed E-state index contributed by atoms with van der Waals surface area (Å²) in [6.45, 7) is 4.71. The third kappa shape index (κ3) is 3.12. The van der Waals surface area contributed by atoms with Gasteiger partial charge >= 0.3 is 0 Å². The molecule has 0 spiro atoms. The van der Waals surface area contributed by atoms with E-state index in [-0.39, 0.29) is 18.1 Å². The predicted octanol–water partition coefficient (Wildman–Crippen LogP) is 0.185. The zero-order valence-electron chi connectivity index (χ0n) is 8.37. The van der Waals surface area contributed by atoms with Crippen LogP contribution in [0, 0.1) is 0 Å². The van der Waals surface area contributed by atoms with Crippen LogP contribution in [0.25, 0.3) is 0 Å². The molecule has 4 nitrogen and oxygen atoms in total. The summed E-state index contributed by atoms with van der Waals surface area (Å²) >= 11 is 0. The van der Waals surface area contributed by atoms with Gasteiger partial charge in [0.1, 0.15) is 6.10 Å². The van der Waals surface area contributed by atoms with Crippen molar-refractivity contribution in [3.05, 3.63) is 12.7 Å². The molecule has 1 heterocycles. The van der Waals surface area contributed by atoms with E-state index < -0.39 is 0 Å². The first-order chi connectivity index (χ1) is 6.77. The highest BCUT2D eigenvalue weighted by Crippen LogP contribution is 2.18. The number of hydrogen-bond donors (Lipinski definition) is 2. The molecule has 0 aromatic heterocycles. The Hall–Kier alpha value is -0.870. The van der Waals surface area contributed by atoms with Crippen LogP contribution in [-0.4, -0.2) is 31.2 Å². The molecule has 1 rings (SSSR count). The molecule has 0 saturated carbocycles. The predicted molar refractivity (Wildman–Crippen MR) is 54.8 cm³/mol. The highest BCUT2D eigenvalue weighted by Gasteiger charge is 2.29. The molecule has 2 unspecified atom stereocenters. The summed E-state index contributed by atoms with van der Waals surface area (Å²) < 4.78 is 5.44. The summed E-state index contributed by atoms with van der Waals surface area (Å²) in [6.07, 6.45) is 3.99. The van der Waals surface area contributed by atoms with Crippen molar-refractivity contribution in [2.24, 2.45) is 5.73 Å². The van der Waals surface area contributed by atoms with Crippen molar-refractivity contribution in [1.82, 2.24) is 5.32 Å².